The zero-order valence-corrected chi connectivity index (χ0v) is 12.5. The van der Waals surface area contributed by atoms with Crippen LogP contribution in [0.4, 0.5) is 0 Å². The lowest BCUT2D eigenvalue weighted by molar-refractivity contribution is 0.0569. The van der Waals surface area contributed by atoms with Crippen molar-refractivity contribution in [1.82, 2.24) is 4.90 Å². The van der Waals surface area contributed by atoms with Crippen LogP contribution in [0.3, 0.4) is 0 Å². The summed E-state index contributed by atoms with van der Waals surface area (Å²) in [6.07, 6.45) is 8.96. The van der Waals surface area contributed by atoms with Gasteiger partial charge < -0.3 is 4.90 Å². The van der Waals surface area contributed by atoms with Crippen molar-refractivity contribution in [2.75, 3.05) is 6.54 Å². The largest absolute Gasteiger partial charge is 0.335 e. The van der Waals surface area contributed by atoms with Crippen LogP contribution in [0.5, 0.6) is 0 Å². The van der Waals surface area contributed by atoms with Gasteiger partial charge in [-0.15, -0.1) is 0 Å². The summed E-state index contributed by atoms with van der Waals surface area (Å²) in [6.45, 7) is 3.01. The van der Waals surface area contributed by atoms with E-state index >= 15 is 0 Å². The minimum Gasteiger partial charge on any atom is -0.335 e. The Labute approximate surface area is 123 Å². The normalized spacial score (nSPS) is 26.8. The Morgan fingerprint density at radius 2 is 1.90 bits per heavy atom. The molecule has 1 aromatic carbocycles. The van der Waals surface area contributed by atoms with Gasteiger partial charge in [0.1, 0.15) is 0 Å². The highest BCUT2D eigenvalue weighted by Crippen LogP contribution is 2.35. The summed E-state index contributed by atoms with van der Waals surface area (Å²) in [7, 11) is 0. The molecule has 20 heavy (non-hydrogen) atoms. The fraction of sp³-hybridized carbons (Fsp3) is 0.611. The van der Waals surface area contributed by atoms with E-state index < -0.39 is 0 Å². The molecule has 1 heterocycles. The highest BCUT2D eigenvalue weighted by atomic mass is 16.2. The number of fused-ring (bicyclic) bond motifs is 1. The van der Waals surface area contributed by atoms with Crippen LogP contribution in [-0.4, -0.2) is 23.4 Å². The van der Waals surface area contributed by atoms with Crippen LogP contribution in [0.2, 0.25) is 0 Å². The number of carbonyl (C=O) groups is 1. The van der Waals surface area contributed by atoms with Crippen LogP contribution in [0, 0.1) is 12.8 Å². The van der Waals surface area contributed by atoms with Gasteiger partial charge in [0.2, 0.25) is 0 Å². The third kappa shape index (κ3) is 2.74. The van der Waals surface area contributed by atoms with E-state index in [0.717, 1.165) is 18.0 Å². The molecule has 0 bridgehead atoms. The standard InChI is InChI=1S/C18H25NO.H2/c1-14-7-6-10-16(13-14)18(20)19-12-5-4-9-15-8-2-3-11-17(15)19;/h6-7,10,13,15,17H,2-5,8-9,11-12H2,1H3;1H/t15?,17-;/m0./s1. The predicted molar refractivity (Wildman–Crippen MR) is 83.9 cm³/mol. The van der Waals surface area contributed by atoms with E-state index in [1.165, 1.54) is 50.5 Å². The van der Waals surface area contributed by atoms with Crippen LogP contribution in [0.1, 0.15) is 62.3 Å². The first-order valence-electron chi connectivity index (χ1n) is 8.13. The maximum atomic E-state index is 12.9. The molecule has 1 unspecified atom stereocenters. The fourth-order valence-electron chi connectivity index (χ4n) is 3.99. The molecule has 1 saturated carbocycles. The molecule has 1 aliphatic carbocycles. The molecule has 2 aliphatic rings. The van der Waals surface area contributed by atoms with Crippen LogP contribution < -0.4 is 0 Å². The van der Waals surface area contributed by atoms with Crippen molar-refractivity contribution in [3.8, 4) is 0 Å². The van der Waals surface area contributed by atoms with Gasteiger partial charge in [-0.05, 0) is 50.7 Å². The molecule has 0 radical (unpaired) electrons. The summed E-state index contributed by atoms with van der Waals surface area (Å²) in [5.74, 6) is 1.01. The number of amides is 1. The molecule has 0 spiro atoms. The van der Waals surface area contributed by atoms with Gasteiger partial charge in [0, 0.05) is 19.6 Å². The number of benzene rings is 1. The van der Waals surface area contributed by atoms with E-state index in [1.54, 1.807) is 0 Å². The Balaban J connectivity index is 0.00000161. The Bertz CT molecular complexity index is 488. The summed E-state index contributed by atoms with van der Waals surface area (Å²) >= 11 is 0. The molecule has 0 N–H and O–H groups in total. The van der Waals surface area contributed by atoms with E-state index in [2.05, 4.69) is 17.9 Å². The molecule has 3 rings (SSSR count). The van der Waals surface area contributed by atoms with Gasteiger partial charge in [-0.25, -0.2) is 0 Å². The highest BCUT2D eigenvalue weighted by molar-refractivity contribution is 5.94. The molecule has 1 amide bonds. The number of aryl methyl sites for hydroxylation is 1. The van der Waals surface area contributed by atoms with E-state index in [-0.39, 0.29) is 7.33 Å². The fourth-order valence-corrected chi connectivity index (χ4v) is 3.99. The van der Waals surface area contributed by atoms with Crippen LogP contribution in [0.25, 0.3) is 0 Å². The van der Waals surface area contributed by atoms with Gasteiger partial charge in [0.15, 0.2) is 0 Å². The molecule has 1 aliphatic heterocycles. The van der Waals surface area contributed by atoms with Crippen LogP contribution in [-0.2, 0) is 0 Å². The second-order valence-electron chi connectivity index (χ2n) is 6.48. The maximum absolute atomic E-state index is 12.9. The first-order chi connectivity index (χ1) is 9.75. The van der Waals surface area contributed by atoms with Crippen molar-refractivity contribution < 1.29 is 6.22 Å². The Morgan fingerprint density at radius 1 is 1.15 bits per heavy atom. The molecule has 2 heteroatoms. The lowest BCUT2D eigenvalue weighted by atomic mass is 9.81. The van der Waals surface area contributed by atoms with Crippen molar-refractivity contribution in [3.05, 3.63) is 35.4 Å². The second kappa shape index (κ2) is 5.99. The topological polar surface area (TPSA) is 20.3 Å². The van der Waals surface area contributed by atoms with Crippen LogP contribution in [0.15, 0.2) is 24.3 Å². The van der Waals surface area contributed by atoms with E-state index in [0.29, 0.717) is 6.04 Å². The Kier molecular flexibility index (Phi) is 4.09. The summed E-state index contributed by atoms with van der Waals surface area (Å²) in [5.41, 5.74) is 2.04. The van der Waals surface area contributed by atoms with E-state index in [1.807, 2.05) is 18.2 Å². The van der Waals surface area contributed by atoms with E-state index in [4.69, 9.17) is 0 Å². The molecule has 1 saturated heterocycles. The zero-order valence-electron chi connectivity index (χ0n) is 12.5. The third-order valence-electron chi connectivity index (χ3n) is 5.02. The molecule has 110 valence electrons. The predicted octanol–water partition coefficient (Wildman–Crippen LogP) is 4.43. The number of likely N-dealkylation sites (tertiary alicyclic amines) is 1. The monoisotopic (exact) mass is 273 g/mol. The SMILES string of the molecule is Cc1cccc(C(=O)N2CCCCC3CCCC[C@@H]32)c1.[HH]. The minimum atomic E-state index is 0. The number of hydrogen-bond acceptors (Lipinski definition) is 1. The molecule has 1 aromatic rings. The summed E-state index contributed by atoms with van der Waals surface area (Å²) in [6, 6.07) is 8.56. The first-order valence-corrected chi connectivity index (χ1v) is 8.13. The van der Waals surface area contributed by atoms with Gasteiger partial charge in [-0.1, -0.05) is 37.0 Å². The average molecular weight is 273 g/mol. The van der Waals surface area contributed by atoms with Crippen molar-refractivity contribution in [2.45, 2.75) is 57.9 Å². The molecule has 2 atom stereocenters. The van der Waals surface area contributed by atoms with Gasteiger partial charge in [-0.2, -0.15) is 0 Å². The molecule has 0 aromatic heterocycles. The molecule has 2 fully saturated rings. The Morgan fingerprint density at radius 3 is 2.70 bits per heavy atom. The number of carbonyl (C=O) groups excluding carboxylic acids is 1. The van der Waals surface area contributed by atoms with E-state index in [9.17, 15) is 4.79 Å². The summed E-state index contributed by atoms with van der Waals surface area (Å²) < 4.78 is 0. The summed E-state index contributed by atoms with van der Waals surface area (Å²) in [5, 5.41) is 0. The van der Waals surface area contributed by atoms with Gasteiger partial charge in [0.25, 0.3) is 5.91 Å². The second-order valence-corrected chi connectivity index (χ2v) is 6.48. The van der Waals surface area contributed by atoms with Gasteiger partial charge in [0.05, 0.1) is 0 Å². The molecular weight excluding hydrogens is 246 g/mol. The number of nitrogens with zero attached hydrogens (tertiary/aromatic N) is 1. The number of hydrogen-bond donors (Lipinski definition) is 0. The van der Waals surface area contributed by atoms with Crippen molar-refractivity contribution in [2.24, 2.45) is 5.92 Å². The quantitative estimate of drug-likeness (QED) is 0.741. The molecule has 2 nitrogen and oxygen atoms in total. The smallest absolute Gasteiger partial charge is 0.254 e. The lowest BCUT2D eigenvalue weighted by Crippen LogP contribution is -2.45. The third-order valence-corrected chi connectivity index (χ3v) is 5.02. The van der Waals surface area contributed by atoms with Gasteiger partial charge in [-0.3, -0.25) is 4.79 Å². The van der Waals surface area contributed by atoms with Crippen molar-refractivity contribution in [3.63, 3.8) is 0 Å². The zero-order chi connectivity index (χ0) is 13.9. The lowest BCUT2D eigenvalue weighted by Gasteiger charge is -2.38. The maximum Gasteiger partial charge on any atom is 0.254 e. The van der Waals surface area contributed by atoms with Gasteiger partial charge >= 0.3 is 0 Å². The Hall–Kier alpha value is -1.31. The van der Waals surface area contributed by atoms with Crippen molar-refractivity contribution >= 4 is 5.91 Å². The number of rotatable bonds is 1. The summed E-state index contributed by atoms with van der Waals surface area (Å²) in [4.78, 5) is 15.1. The highest BCUT2D eigenvalue weighted by Gasteiger charge is 2.34. The minimum absolute atomic E-state index is 0. The average Bonchev–Trinajstić information content (AvgIpc) is 2.69. The molecular formula is C18H27NO. The van der Waals surface area contributed by atoms with Crippen LogP contribution >= 0.6 is 0 Å². The van der Waals surface area contributed by atoms with Crippen molar-refractivity contribution in [1.29, 1.82) is 0 Å². The first kappa shape index (κ1) is 13.7.